The van der Waals surface area contributed by atoms with Gasteiger partial charge in [-0.15, -0.1) is 0 Å². The molecule has 1 fully saturated rings. The van der Waals surface area contributed by atoms with E-state index in [2.05, 4.69) is 0 Å². The molecule has 12 heavy (non-hydrogen) atoms. The van der Waals surface area contributed by atoms with E-state index in [-0.39, 0.29) is 0 Å². The lowest BCUT2D eigenvalue weighted by Gasteiger charge is -2.38. The zero-order chi connectivity index (χ0) is 9.46. The van der Waals surface area contributed by atoms with Gasteiger partial charge in [0.15, 0.2) is 0 Å². The summed E-state index contributed by atoms with van der Waals surface area (Å²) in [5.41, 5.74) is -1.51. The quantitative estimate of drug-likeness (QED) is 0.262. The highest BCUT2D eigenvalue weighted by Crippen LogP contribution is 2.62. The Labute approximate surface area is 70.8 Å². The van der Waals surface area contributed by atoms with Gasteiger partial charge in [0.1, 0.15) is 23.4 Å². The van der Waals surface area contributed by atoms with E-state index >= 15 is 0 Å². The van der Waals surface area contributed by atoms with Crippen LogP contribution in [0.15, 0.2) is 0 Å². The molecule has 1 aliphatic rings. The Kier molecular flexibility index (Phi) is 3.37. The molecule has 6 N–H and O–H groups in total. The summed E-state index contributed by atoms with van der Waals surface area (Å²) in [5, 5.41) is 36.1. The van der Waals surface area contributed by atoms with Gasteiger partial charge >= 0.3 is 0 Å². The SMILES string of the molecule is OC1[C@@H](O)[P@](O)C(O)[P@@](O)[C@H]1O. The molecule has 0 spiro atoms. The Bertz CT molecular complexity index is 109. The van der Waals surface area contributed by atoms with Crippen LogP contribution in [-0.2, 0) is 0 Å². The monoisotopic (exact) mass is 216 g/mol. The molecule has 0 aliphatic carbocycles. The van der Waals surface area contributed by atoms with Crippen LogP contribution in [0.25, 0.3) is 0 Å². The maximum atomic E-state index is 9.05. The molecule has 1 rings (SSSR count). The molecular weight excluding hydrogens is 206 g/mol. The van der Waals surface area contributed by atoms with Crippen molar-refractivity contribution in [3.8, 4) is 0 Å². The molecule has 6 atom stereocenters. The van der Waals surface area contributed by atoms with Crippen LogP contribution in [0.5, 0.6) is 0 Å². The summed E-state index contributed by atoms with van der Waals surface area (Å²) in [6.45, 7) is 0. The molecule has 1 heterocycles. The highest BCUT2D eigenvalue weighted by atomic mass is 31.2. The standard InChI is InChI=1S/C4H10O6P2/c5-1-2(6)11(9)4(8)12(10)3(1)7/h1-10H/t1?,2-,3+,4?,11-,12-/m0/s1. The van der Waals surface area contributed by atoms with Crippen molar-refractivity contribution in [1.29, 1.82) is 0 Å². The molecule has 8 heteroatoms. The van der Waals surface area contributed by atoms with Gasteiger partial charge in [-0.25, -0.2) is 0 Å². The van der Waals surface area contributed by atoms with Crippen LogP contribution in [0, 0.1) is 0 Å². The number of rotatable bonds is 0. The highest BCUT2D eigenvalue weighted by Gasteiger charge is 2.48. The van der Waals surface area contributed by atoms with Crippen LogP contribution in [0.3, 0.4) is 0 Å². The van der Waals surface area contributed by atoms with Gasteiger partial charge in [0.05, 0.1) is 16.3 Å². The van der Waals surface area contributed by atoms with E-state index in [1.165, 1.54) is 0 Å². The lowest BCUT2D eigenvalue weighted by molar-refractivity contribution is -0.00538. The normalized spacial score (nSPS) is 55.5. The fraction of sp³-hybridized carbons (Fsp3) is 1.00. The lowest BCUT2D eigenvalue weighted by Crippen LogP contribution is -2.42. The third-order valence-electron chi connectivity index (χ3n) is 1.63. The first kappa shape index (κ1) is 10.7. The molecule has 0 aromatic carbocycles. The van der Waals surface area contributed by atoms with Gasteiger partial charge in [-0.2, -0.15) is 0 Å². The number of hydrogen-bond acceptors (Lipinski definition) is 6. The molecule has 0 aromatic heterocycles. The van der Waals surface area contributed by atoms with Gasteiger partial charge in [0.2, 0.25) is 0 Å². The topological polar surface area (TPSA) is 121 Å². The van der Waals surface area contributed by atoms with Crippen LogP contribution in [-0.4, -0.2) is 53.6 Å². The third-order valence-corrected chi connectivity index (χ3v) is 5.69. The second-order valence-electron chi connectivity index (χ2n) is 2.42. The van der Waals surface area contributed by atoms with Crippen molar-refractivity contribution in [3.05, 3.63) is 0 Å². The van der Waals surface area contributed by atoms with Crippen LogP contribution in [0.2, 0.25) is 0 Å². The Morgan fingerprint density at radius 1 is 0.750 bits per heavy atom. The van der Waals surface area contributed by atoms with E-state index in [0.717, 1.165) is 0 Å². The number of aliphatic hydroxyl groups excluding tert-OH is 4. The van der Waals surface area contributed by atoms with E-state index in [1.54, 1.807) is 0 Å². The van der Waals surface area contributed by atoms with Crippen molar-refractivity contribution in [2.24, 2.45) is 0 Å². The van der Waals surface area contributed by atoms with E-state index < -0.39 is 39.7 Å². The predicted molar refractivity (Wildman–Crippen MR) is 42.3 cm³/mol. The lowest BCUT2D eigenvalue weighted by atomic mass is 10.4. The molecule has 1 aliphatic heterocycles. The third kappa shape index (κ3) is 1.62. The van der Waals surface area contributed by atoms with Crippen molar-refractivity contribution in [2.45, 2.75) is 23.4 Å². The number of aliphatic hydroxyl groups is 4. The van der Waals surface area contributed by atoms with Gasteiger partial charge < -0.3 is 30.2 Å². The summed E-state index contributed by atoms with van der Waals surface area (Å²) >= 11 is 0. The summed E-state index contributed by atoms with van der Waals surface area (Å²) in [4.78, 5) is 18.1. The van der Waals surface area contributed by atoms with Crippen molar-refractivity contribution >= 4 is 16.3 Å². The van der Waals surface area contributed by atoms with Crippen LogP contribution in [0.1, 0.15) is 0 Å². The maximum absolute atomic E-state index is 9.05. The smallest absolute Gasteiger partial charge is 0.146 e. The fourth-order valence-corrected chi connectivity index (χ4v) is 4.28. The van der Waals surface area contributed by atoms with Gasteiger partial charge in [-0.05, 0) is 0 Å². The molecule has 72 valence electrons. The first-order valence-corrected chi connectivity index (χ1v) is 6.00. The molecule has 0 radical (unpaired) electrons. The predicted octanol–water partition coefficient (Wildman–Crippen LogP) is -1.95. The van der Waals surface area contributed by atoms with Crippen molar-refractivity contribution in [3.63, 3.8) is 0 Å². The van der Waals surface area contributed by atoms with E-state index in [0.29, 0.717) is 0 Å². The molecule has 0 saturated carbocycles. The maximum Gasteiger partial charge on any atom is 0.146 e. The molecule has 0 amide bonds. The molecular formula is C4H10O6P2. The molecule has 2 unspecified atom stereocenters. The second kappa shape index (κ2) is 3.78. The second-order valence-corrected chi connectivity index (χ2v) is 6.39. The average molecular weight is 216 g/mol. The van der Waals surface area contributed by atoms with E-state index in [1.807, 2.05) is 0 Å². The summed E-state index contributed by atoms with van der Waals surface area (Å²) in [5.74, 6) is -3.12. The van der Waals surface area contributed by atoms with Crippen LogP contribution in [0.4, 0.5) is 0 Å². The summed E-state index contributed by atoms with van der Waals surface area (Å²) in [6.07, 6.45) is -1.58. The Morgan fingerprint density at radius 3 is 1.42 bits per heavy atom. The Morgan fingerprint density at radius 2 is 1.08 bits per heavy atom. The Balaban J connectivity index is 2.76. The Hall–Kier alpha value is 0.620. The van der Waals surface area contributed by atoms with Crippen LogP contribution >= 0.6 is 16.3 Å². The van der Waals surface area contributed by atoms with Crippen molar-refractivity contribution < 1.29 is 30.2 Å². The molecule has 0 bridgehead atoms. The minimum Gasteiger partial charge on any atom is -0.387 e. The summed E-state index contributed by atoms with van der Waals surface area (Å²) < 4.78 is 0. The average Bonchev–Trinajstić information content (AvgIpc) is 2.08. The van der Waals surface area contributed by atoms with Crippen molar-refractivity contribution in [1.82, 2.24) is 0 Å². The van der Waals surface area contributed by atoms with Gasteiger partial charge in [-0.3, -0.25) is 0 Å². The highest BCUT2D eigenvalue weighted by molar-refractivity contribution is 7.71. The fourth-order valence-electron chi connectivity index (χ4n) is 0.861. The zero-order valence-electron chi connectivity index (χ0n) is 5.89. The van der Waals surface area contributed by atoms with Crippen LogP contribution < -0.4 is 0 Å². The van der Waals surface area contributed by atoms with Gasteiger partial charge in [0, 0.05) is 0 Å². The zero-order valence-corrected chi connectivity index (χ0v) is 7.68. The van der Waals surface area contributed by atoms with E-state index in [4.69, 9.17) is 30.2 Å². The molecule has 1 saturated heterocycles. The van der Waals surface area contributed by atoms with Gasteiger partial charge in [-0.1, -0.05) is 0 Å². The summed E-state index contributed by atoms with van der Waals surface area (Å²) in [6, 6.07) is 0. The molecule has 6 nitrogen and oxygen atoms in total. The van der Waals surface area contributed by atoms with Gasteiger partial charge in [0.25, 0.3) is 0 Å². The minimum atomic E-state index is -2.24. The first-order valence-electron chi connectivity index (χ1n) is 3.13. The van der Waals surface area contributed by atoms with E-state index in [9.17, 15) is 0 Å². The first-order chi connectivity index (χ1) is 5.46. The molecule has 0 aromatic rings. The minimum absolute atomic E-state index is 1.51. The largest absolute Gasteiger partial charge is 0.387 e. The van der Waals surface area contributed by atoms with Crippen molar-refractivity contribution in [2.75, 3.05) is 0 Å². The summed E-state index contributed by atoms with van der Waals surface area (Å²) in [7, 11) is -4.48. The number of hydrogen-bond donors (Lipinski definition) is 6.